The summed E-state index contributed by atoms with van der Waals surface area (Å²) in [5, 5.41) is 16.4. The SMILES string of the molecule is CC(=N)SC(=N)c1cccc(N=C(N=CN)c2[nH]ccc2CN2CCC(N)CC2)c1. The minimum absolute atomic E-state index is 0.298. The molecule has 9 heteroatoms. The van der Waals surface area contributed by atoms with Gasteiger partial charge in [-0.25, -0.2) is 9.98 Å². The number of likely N-dealkylation sites (tertiary alicyclic amines) is 1. The standard InChI is InChI=1S/C21H28N8S/c1-14(23)30-20(25)15-3-2-4-18(11-15)28-21(27-13-22)19-16(5-8-26-19)12-29-9-6-17(24)7-10-29/h2-5,8,11,13,17,23,25-26H,6-7,9-10,12,24H2,1H3,(H2,22,27,28). The lowest BCUT2D eigenvalue weighted by molar-refractivity contribution is 0.205. The summed E-state index contributed by atoms with van der Waals surface area (Å²) in [6.07, 6.45) is 5.14. The van der Waals surface area contributed by atoms with Gasteiger partial charge in [0.15, 0.2) is 5.84 Å². The molecule has 0 aliphatic carbocycles. The average Bonchev–Trinajstić information content (AvgIpc) is 3.17. The van der Waals surface area contributed by atoms with Crippen LogP contribution in [0, 0.1) is 10.8 Å². The number of nitrogens with two attached hydrogens (primary N) is 2. The third kappa shape index (κ3) is 5.88. The van der Waals surface area contributed by atoms with Crippen molar-refractivity contribution in [2.45, 2.75) is 32.4 Å². The number of rotatable bonds is 5. The highest BCUT2D eigenvalue weighted by molar-refractivity contribution is 8.26. The molecule has 158 valence electrons. The van der Waals surface area contributed by atoms with Crippen molar-refractivity contribution in [2.24, 2.45) is 21.5 Å². The minimum atomic E-state index is 0.298. The summed E-state index contributed by atoms with van der Waals surface area (Å²) in [7, 11) is 0. The van der Waals surface area contributed by atoms with Crippen molar-refractivity contribution >= 4 is 39.7 Å². The topological polar surface area (TPSA) is 143 Å². The molecule has 2 heterocycles. The molecule has 30 heavy (non-hydrogen) atoms. The molecule has 0 spiro atoms. The fourth-order valence-electron chi connectivity index (χ4n) is 3.36. The number of aromatic amines is 1. The largest absolute Gasteiger partial charge is 0.390 e. The highest BCUT2D eigenvalue weighted by Crippen LogP contribution is 2.22. The normalized spacial score (nSPS) is 16.3. The van der Waals surface area contributed by atoms with Gasteiger partial charge >= 0.3 is 0 Å². The van der Waals surface area contributed by atoms with Crippen molar-refractivity contribution in [3.8, 4) is 0 Å². The second kappa shape index (κ2) is 10.3. The van der Waals surface area contributed by atoms with Gasteiger partial charge in [-0.1, -0.05) is 23.9 Å². The van der Waals surface area contributed by atoms with Crippen molar-refractivity contribution in [1.82, 2.24) is 9.88 Å². The van der Waals surface area contributed by atoms with Gasteiger partial charge in [0.2, 0.25) is 0 Å². The number of amidine groups is 1. The van der Waals surface area contributed by atoms with E-state index in [2.05, 4.69) is 19.9 Å². The van der Waals surface area contributed by atoms with Crippen LogP contribution in [0.4, 0.5) is 5.69 Å². The molecule has 0 amide bonds. The maximum absolute atomic E-state index is 8.15. The molecule has 2 aromatic rings. The van der Waals surface area contributed by atoms with Gasteiger partial charge in [0.25, 0.3) is 0 Å². The van der Waals surface area contributed by atoms with Crippen LogP contribution in [-0.2, 0) is 6.54 Å². The van der Waals surface area contributed by atoms with Crippen LogP contribution in [0.3, 0.4) is 0 Å². The van der Waals surface area contributed by atoms with E-state index in [-0.39, 0.29) is 0 Å². The first-order valence-corrected chi connectivity index (χ1v) is 10.7. The molecule has 0 radical (unpaired) electrons. The van der Waals surface area contributed by atoms with E-state index in [1.54, 1.807) is 6.92 Å². The van der Waals surface area contributed by atoms with E-state index in [0.717, 1.165) is 55.5 Å². The third-order valence-corrected chi connectivity index (χ3v) is 5.62. The number of hydrogen-bond donors (Lipinski definition) is 5. The Hall–Kier alpha value is -2.75. The van der Waals surface area contributed by atoms with Crippen molar-refractivity contribution < 1.29 is 0 Å². The van der Waals surface area contributed by atoms with E-state index < -0.39 is 0 Å². The van der Waals surface area contributed by atoms with Crippen LogP contribution in [0.15, 0.2) is 46.5 Å². The fraction of sp³-hybridized carbons (Fsp3) is 0.333. The molecule has 0 saturated carbocycles. The quantitative estimate of drug-likeness (QED) is 0.371. The number of piperidine rings is 1. The Kier molecular flexibility index (Phi) is 7.56. The van der Waals surface area contributed by atoms with E-state index in [9.17, 15) is 0 Å². The molecular formula is C21H28N8S. The van der Waals surface area contributed by atoms with Gasteiger partial charge < -0.3 is 16.5 Å². The first-order valence-electron chi connectivity index (χ1n) is 9.85. The molecule has 3 rings (SSSR count). The van der Waals surface area contributed by atoms with Gasteiger partial charge in [0.1, 0.15) is 5.04 Å². The first-order chi connectivity index (χ1) is 14.5. The Bertz CT molecular complexity index is 953. The summed E-state index contributed by atoms with van der Waals surface area (Å²) in [4.78, 5) is 14.6. The molecule has 7 N–H and O–H groups in total. The molecule has 8 nitrogen and oxygen atoms in total. The number of thioether (sulfide) groups is 1. The van der Waals surface area contributed by atoms with Gasteiger partial charge in [-0.05, 0) is 56.6 Å². The van der Waals surface area contributed by atoms with Crippen LogP contribution < -0.4 is 11.5 Å². The zero-order valence-corrected chi connectivity index (χ0v) is 17.9. The zero-order valence-electron chi connectivity index (χ0n) is 17.1. The molecular weight excluding hydrogens is 396 g/mol. The predicted molar refractivity (Wildman–Crippen MR) is 126 cm³/mol. The Morgan fingerprint density at radius 3 is 2.77 bits per heavy atom. The van der Waals surface area contributed by atoms with Crippen molar-refractivity contribution in [3.05, 3.63) is 53.3 Å². The number of nitrogens with one attached hydrogen (secondary N) is 3. The lowest BCUT2D eigenvalue weighted by Gasteiger charge is -2.30. The molecule has 0 atom stereocenters. The molecule has 1 saturated heterocycles. The summed E-state index contributed by atoms with van der Waals surface area (Å²) in [6, 6.07) is 9.70. The maximum atomic E-state index is 8.15. The van der Waals surface area contributed by atoms with Crippen LogP contribution in [0.25, 0.3) is 0 Å². The summed E-state index contributed by atoms with van der Waals surface area (Å²) in [5.74, 6) is 0.491. The predicted octanol–water partition coefficient (Wildman–Crippen LogP) is 3.06. The minimum Gasteiger partial charge on any atom is -0.390 e. The summed E-state index contributed by atoms with van der Waals surface area (Å²) >= 11 is 1.11. The van der Waals surface area contributed by atoms with Crippen LogP contribution in [0.1, 0.15) is 36.6 Å². The summed E-state index contributed by atoms with van der Waals surface area (Å²) in [6.45, 7) is 4.42. The Balaban J connectivity index is 1.85. The molecule has 1 aromatic heterocycles. The summed E-state index contributed by atoms with van der Waals surface area (Å²) < 4.78 is 0. The second-order valence-electron chi connectivity index (χ2n) is 7.24. The van der Waals surface area contributed by atoms with Crippen molar-refractivity contribution in [1.29, 1.82) is 10.8 Å². The lowest BCUT2D eigenvalue weighted by Crippen LogP contribution is -2.39. The highest BCUT2D eigenvalue weighted by atomic mass is 32.2. The van der Waals surface area contributed by atoms with Crippen LogP contribution in [0.5, 0.6) is 0 Å². The number of H-pyrrole nitrogens is 1. The van der Waals surface area contributed by atoms with Gasteiger partial charge in [0, 0.05) is 24.3 Å². The Labute approximate surface area is 180 Å². The Morgan fingerprint density at radius 1 is 1.30 bits per heavy atom. The number of aliphatic imine (C=N–C) groups is 2. The number of nitrogens with zero attached hydrogens (tertiary/aromatic N) is 3. The smallest absolute Gasteiger partial charge is 0.178 e. The van der Waals surface area contributed by atoms with E-state index in [0.29, 0.717) is 33.2 Å². The molecule has 0 unspecified atom stereocenters. The van der Waals surface area contributed by atoms with Gasteiger partial charge in [0.05, 0.1) is 22.8 Å². The van der Waals surface area contributed by atoms with Crippen LogP contribution in [0.2, 0.25) is 0 Å². The lowest BCUT2D eigenvalue weighted by atomic mass is 10.1. The van der Waals surface area contributed by atoms with E-state index in [4.69, 9.17) is 22.3 Å². The van der Waals surface area contributed by atoms with Gasteiger partial charge in [-0.15, -0.1) is 0 Å². The van der Waals surface area contributed by atoms with Gasteiger partial charge in [-0.2, -0.15) is 0 Å². The summed E-state index contributed by atoms with van der Waals surface area (Å²) in [5.41, 5.74) is 14.9. The van der Waals surface area contributed by atoms with Crippen molar-refractivity contribution in [2.75, 3.05) is 13.1 Å². The molecule has 1 aliphatic rings. The molecule has 1 aromatic carbocycles. The number of benzene rings is 1. The fourth-order valence-corrected chi connectivity index (χ4v) is 3.92. The monoisotopic (exact) mass is 424 g/mol. The molecule has 1 aliphatic heterocycles. The van der Waals surface area contributed by atoms with Crippen molar-refractivity contribution in [3.63, 3.8) is 0 Å². The zero-order chi connectivity index (χ0) is 21.5. The average molecular weight is 425 g/mol. The van der Waals surface area contributed by atoms with Crippen LogP contribution >= 0.6 is 11.8 Å². The maximum Gasteiger partial charge on any atom is 0.178 e. The van der Waals surface area contributed by atoms with Crippen LogP contribution in [-0.4, -0.2) is 51.3 Å². The number of aromatic nitrogens is 1. The molecule has 1 fully saturated rings. The van der Waals surface area contributed by atoms with E-state index >= 15 is 0 Å². The second-order valence-corrected chi connectivity index (χ2v) is 8.47. The highest BCUT2D eigenvalue weighted by Gasteiger charge is 2.19. The molecule has 0 bridgehead atoms. The van der Waals surface area contributed by atoms with E-state index in [1.165, 1.54) is 6.34 Å². The Morgan fingerprint density at radius 2 is 2.07 bits per heavy atom. The first kappa shape index (κ1) is 21.9. The third-order valence-electron chi connectivity index (χ3n) is 4.88. The number of hydrogen-bond acceptors (Lipinski definition) is 6. The van der Waals surface area contributed by atoms with E-state index in [1.807, 2.05) is 36.5 Å². The van der Waals surface area contributed by atoms with Gasteiger partial charge in [-0.3, -0.25) is 15.7 Å².